The van der Waals surface area contributed by atoms with Gasteiger partial charge in [0.1, 0.15) is 0 Å². The molecule has 0 N–H and O–H groups in total. The van der Waals surface area contributed by atoms with Crippen LogP contribution >= 0.6 is 0 Å². The van der Waals surface area contributed by atoms with Crippen molar-refractivity contribution in [2.24, 2.45) is 0 Å². The average molecular weight is 677 g/mol. The topological polar surface area (TPSA) is 9.86 Å². The molecule has 0 aliphatic rings. The summed E-state index contributed by atoms with van der Waals surface area (Å²) >= 11 is 0. The Balaban J connectivity index is 1.32. The smallest absolute Gasteiger partial charge is 0.309 e. The minimum atomic E-state index is -4.40. The van der Waals surface area contributed by atoms with Crippen molar-refractivity contribution in [3.63, 3.8) is 0 Å². The molecule has 11 rings (SSSR count). The van der Waals surface area contributed by atoms with Crippen molar-refractivity contribution in [1.29, 1.82) is 0 Å². The molecule has 0 unspecified atom stereocenters. The highest BCUT2D eigenvalue weighted by molar-refractivity contribution is 6.29. The van der Waals surface area contributed by atoms with E-state index in [4.69, 9.17) is 0 Å². The standard InChI is InChI=1S/C47H27F3N2/c48-47(49,50)30-21-17-28(18-22-30)31-23-19-29-20-24-37-43(51-39-13-5-1-9-32(39)33-10-2-6-14-40(33)51)27-44(38-26-25-36(31)45(29)46(37)38)52-41-15-7-3-11-34(41)35-12-4-8-16-42(35)52/h1-27H. The number of benzene rings is 9. The minimum absolute atomic E-state index is 0.652. The molecular formula is C47H27F3N2. The van der Waals surface area contributed by atoms with Gasteiger partial charge in [0, 0.05) is 37.7 Å². The summed E-state index contributed by atoms with van der Waals surface area (Å²) in [5.41, 5.74) is 7.62. The Kier molecular flexibility index (Phi) is 5.87. The lowest BCUT2D eigenvalue weighted by atomic mass is 9.88. The van der Waals surface area contributed by atoms with Crippen molar-refractivity contribution < 1.29 is 13.2 Å². The van der Waals surface area contributed by atoms with E-state index in [9.17, 15) is 13.2 Å². The number of alkyl halides is 3. The summed E-state index contributed by atoms with van der Waals surface area (Å²) in [6.07, 6.45) is -4.40. The summed E-state index contributed by atoms with van der Waals surface area (Å²) in [4.78, 5) is 0. The first kappa shape index (κ1) is 29.2. The molecule has 2 aromatic heterocycles. The van der Waals surface area contributed by atoms with Crippen LogP contribution in [0.25, 0.3) is 98.4 Å². The Labute approximate surface area is 295 Å². The molecule has 0 radical (unpaired) electrons. The maximum Gasteiger partial charge on any atom is 0.416 e. The van der Waals surface area contributed by atoms with Gasteiger partial charge in [0.2, 0.25) is 0 Å². The molecule has 2 heterocycles. The highest BCUT2D eigenvalue weighted by atomic mass is 19.4. The zero-order valence-corrected chi connectivity index (χ0v) is 27.6. The highest BCUT2D eigenvalue weighted by Crippen LogP contribution is 2.46. The summed E-state index contributed by atoms with van der Waals surface area (Å²) < 4.78 is 45.4. The number of para-hydroxylation sites is 4. The van der Waals surface area contributed by atoms with Gasteiger partial charge < -0.3 is 9.13 Å². The maximum absolute atomic E-state index is 13.5. The van der Waals surface area contributed by atoms with Crippen molar-refractivity contribution in [1.82, 2.24) is 9.13 Å². The fourth-order valence-electron chi connectivity index (χ4n) is 8.68. The summed E-state index contributed by atoms with van der Waals surface area (Å²) in [5, 5.41) is 11.3. The molecule has 11 aromatic rings. The van der Waals surface area contributed by atoms with Crippen molar-refractivity contribution in [2.45, 2.75) is 6.18 Å². The molecule has 0 saturated carbocycles. The second-order valence-electron chi connectivity index (χ2n) is 13.6. The van der Waals surface area contributed by atoms with Crippen LogP contribution < -0.4 is 0 Å². The molecular weight excluding hydrogens is 650 g/mol. The van der Waals surface area contributed by atoms with Crippen molar-refractivity contribution in [3.05, 3.63) is 169 Å². The van der Waals surface area contributed by atoms with Crippen LogP contribution in [0.15, 0.2) is 164 Å². The van der Waals surface area contributed by atoms with E-state index in [0.29, 0.717) is 0 Å². The van der Waals surface area contributed by atoms with E-state index in [1.54, 1.807) is 12.1 Å². The van der Waals surface area contributed by atoms with E-state index in [0.717, 1.165) is 76.9 Å². The number of nitrogens with zero attached hydrogens (tertiary/aromatic N) is 2. The monoisotopic (exact) mass is 676 g/mol. The SMILES string of the molecule is FC(F)(F)c1ccc(-c2ccc3ccc4c(-n5c6ccccc6c6ccccc65)cc(-n5c6ccccc6c6ccccc65)c5ccc2c3c45)cc1. The van der Waals surface area contributed by atoms with E-state index in [2.05, 4.69) is 143 Å². The molecule has 0 saturated heterocycles. The number of halogens is 3. The normalized spacial score (nSPS) is 12.5. The summed E-state index contributed by atoms with van der Waals surface area (Å²) in [6.45, 7) is 0. The summed E-state index contributed by atoms with van der Waals surface area (Å²) in [5.74, 6) is 0. The average Bonchev–Trinajstić information content (AvgIpc) is 3.69. The lowest BCUT2D eigenvalue weighted by molar-refractivity contribution is -0.137. The van der Waals surface area contributed by atoms with Gasteiger partial charge in [-0.25, -0.2) is 0 Å². The first-order valence-electron chi connectivity index (χ1n) is 17.3. The zero-order valence-electron chi connectivity index (χ0n) is 27.6. The van der Waals surface area contributed by atoms with Gasteiger partial charge in [-0.15, -0.1) is 0 Å². The van der Waals surface area contributed by atoms with Crippen LogP contribution in [0.3, 0.4) is 0 Å². The third kappa shape index (κ3) is 3.96. The van der Waals surface area contributed by atoms with Crippen LogP contribution in [0.4, 0.5) is 13.2 Å². The molecule has 52 heavy (non-hydrogen) atoms. The number of hydrogen-bond acceptors (Lipinski definition) is 0. The van der Waals surface area contributed by atoms with Crippen LogP contribution in [0.2, 0.25) is 0 Å². The van der Waals surface area contributed by atoms with Crippen LogP contribution in [-0.4, -0.2) is 9.13 Å². The number of rotatable bonds is 3. The van der Waals surface area contributed by atoms with E-state index < -0.39 is 11.7 Å². The predicted octanol–water partition coefficient (Wildman–Crippen LogP) is 13.5. The van der Waals surface area contributed by atoms with Gasteiger partial charge in [-0.1, -0.05) is 121 Å². The quantitative estimate of drug-likeness (QED) is 0.165. The minimum Gasteiger partial charge on any atom is -0.309 e. The molecule has 9 aromatic carbocycles. The van der Waals surface area contributed by atoms with Gasteiger partial charge >= 0.3 is 6.18 Å². The second-order valence-corrected chi connectivity index (χ2v) is 13.6. The van der Waals surface area contributed by atoms with Gasteiger partial charge in [0.05, 0.1) is 39.0 Å². The molecule has 5 heteroatoms. The molecule has 0 aliphatic carbocycles. The van der Waals surface area contributed by atoms with E-state index in [-0.39, 0.29) is 0 Å². The summed E-state index contributed by atoms with van der Waals surface area (Å²) in [6, 6.07) is 55.0. The molecule has 0 spiro atoms. The molecule has 246 valence electrons. The molecule has 2 nitrogen and oxygen atoms in total. The molecule has 0 bridgehead atoms. The van der Waals surface area contributed by atoms with Crippen LogP contribution in [0, 0.1) is 0 Å². The molecule has 0 amide bonds. The fraction of sp³-hybridized carbons (Fsp3) is 0.0213. The van der Waals surface area contributed by atoms with E-state index in [1.807, 2.05) is 6.07 Å². The zero-order chi connectivity index (χ0) is 34.7. The Morgan fingerprint density at radius 1 is 0.365 bits per heavy atom. The lowest BCUT2D eigenvalue weighted by Gasteiger charge is -2.21. The van der Waals surface area contributed by atoms with Crippen LogP contribution in [-0.2, 0) is 6.18 Å². The first-order valence-corrected chi connectivity index (χ1v) is 17.3. The fourth-order valence-corrected chi connectivity index (χ4v) is 8.68. The third-order valence-corrected chi connectivity index (χ3v) is 10.9. The first-order chi connectivity index (χ1) is 25.5. The van der Waals surface area contributed by atoms with Gasteiger partial charge in [-0.3, -0.25) is 0 Å². The lowest BCUT2D eigenvalue weighted by Crippen LogP contribution is -2.04. The number of aromatic nitrogens is 2. The van der Waals surface area contributed by atoms with Gasteiger partial charge in [0.25, 0.3) is 0 Å². The largest absolute Gasteiger partial charge is 0.416 e. The van der Waals surface area contributed by atoms with E-state index >= 15 is 0 Å². The predicted molar refractivity (Wildman–Crippen MR) is 209 cm³/mol. The van der Waals surface area contributed by atoms with Gasteiger partial charge in [-0.2, -0.15) is 13.2 Å². The number of hydrogen-bond donors (Lipinski definition) is 0. The third-order valence-electron chi connectivity index (χ3n) is 10.9. The Morgan fingerprint density at radius 2 is 0.788 bits per heavy atom. The number of fused-ring (bicyclic) bond motifs is 6. The molecule has 0 aliphatic heterocycles. The van der Waals surface area contributed by atoms with Crippen molar-refractivity contribution in [2.75, 3.05) is 0 Å². The van der Waals surface area contributed by atoms with Crippen molar-refractivity contribution in [3.8, 4) is 22.5 Å². The Bertz CT molecular complexity index is 2980. The van der Waals surface area contributed by atoms with Crippen molar-refractivity contribution >= 4 is 75.9 Å². The Morgan fingerprint density at radius 3 is 1.27 bits per heavy atom. The molecule has 0 fully saturated rings. The summed E-state index contributed by atoms with van der Waals surface area (Å²) in [7, 11) is 0. The molecule has 0 atom stereocenters. The van der Waals surface area contributed by atoms with Crippen LogP contribution in [0.5, 0.6) is 0 Å². The van der Waals surface area contributed by atoms with E-state index in [1.165, 1.54) is 33.7 Å². The highest BCUT2D eigenvalue weighted by Gasteiger charge is 2.30. The van der Waals surface area contributed by atoms with Gasteiger partial charge in [-0.05, 0) is 69.8 Å². The van der Waals surface area contributed by atoms with Gasteiger partial charge in [0.15, 0.2) is 0 Å². The second kappa shape index (κ2) is 10.5. The maximum atomic E-state index is 13.5. The Hall–Kier alpha value is -6.59. The van der Waals surface area contributed by atoms with Crippen LogP contribution in [0.1, 0.15) is 5.56 Å².